The molecule has 0 aliphatic heterocycles. The largest absolute Gasteiger partial charge is 0.465 e. The summed E-state index contributed by atoms with van der Waals surface area (Å²) in [5.41, 5.74) is -2.79. The number of nitrogens with zero attached hydrogens (tertiary/aromatic N) is 3. The minimum Gasteiger partial charge on any atom is -0.465 e. The first-order chi connectivity index (χ1) is 10.2. The summed E-state index contributed by atoms with van der Waals surface area (Å²) in [6, 6.07) is 0.850. The molecule has 22 heavy (non-hydrogen) atoms. The summed E-state index contributed by atoms with van der Waals surface area (Å²) in [5.74, 6) is -4.49. The number of carbonyl (C=O) groups is 1. The highest BCUT2D eigenvalue weighted by atomic mass is 19.3. The average molecular weight is 313 g/mol. The number of esters is 1. The number of halogens is 2. The van der Waals surface area contributed by atoms with Crippen molar-refractivity contribution in [2.75, 3.05) is 7.11 Å². The molecule has 1 heterocycles. The zero-order valence-corrected chi connectivity index (χ0v) is 11.2. The number of rotatable bonds is 4. The van der Waals surface area contributed by atoms with Gasteiger partial charge in [-0.2, -0.15) is 0 Å². The number of aromatic nitrogens is 1. The van der Waals surface area contributed by atoms with Crippen molar-refractivity contribution in [1.29, 1.82) is 0 Å². The van der Waals surface area contributed by atoms with Gasteiger partial charge in [-0.15, -0.1) is 0 Å². The second kappa shape index (κ2) is 5.18. The van der Waals surface area contributed by atoms with E-state index >= 15 is 0 Å². The minimum absolute atomic E-state index is 0.197. The Bertz CT molecular complexity index is 678. The lowest BCUT2D eigenvalue weighted by atomic mass is 9.84. The van der Waals surface area contributed by atoms with Crippen LogP contribution in [0.25, 0.3) is 4.85 Å². The molecular formula is C12H9F2N3O5. The van der Waals surface area contributed by atoms with E-state index in [1.807, 2.05) is 0 Å². The minimum atomic E-state index is -3.05. The molecule has 1 aromatic heterocycles. The second-order valence-corrected chi connectivity index (χ2v) is 4.67. The predicted octanol–water partition coefficient (Wildman–Crippen LogP) is 2.20. The molecule has 0 radical (unpaired) electrons. The van der Waals surface area contributed by atoms with Crippen LogP contribution in [-0.4, -0.2) is 34.6 Å². The smallest absolute Gasteiger partial charge is 0.388 e. The molecule has 1 saturated carbocycles. The zero-order chi connectivity index (χ0) is 16.5. The van der Waals surface area contributed by atoms with Crippen LogP contribution in [-0.2, 0) is 4.74 Å². The van der Waals surface area contributed by atoms with Crippen molar-refractivity contribution >= 4 is 11.7 Å². The molecule has 2 rings (SSSR count). The first-order valence-corrected chi connectivity index (χ1v) is 5.90. The highest BCUT2D eigenvalue weighted by Gasteiger charge is 2.66. The summed E-state index contributed by atoms with van der Waals surface area (Å²) in [4.78, 5) is 28.0. The first-order valence-electron chi connectivity index (χ1n) is 5.90. The van der Waals surface area contributed by atoms with Crippen LogP contribution in [0.1, 0.15) is 23.2 Å². The molecule has 0 aromatic carbocycles. The summed E-state index contributed by atoms with van der Waals surface area (Å²) in [5, 5.41) is 11.0. The van der Waals surface area contributed by atoms with Gasteiger partial charge in [0, 0.05) is 12.3 Å². The molecule has 1 fully saturated rings. The third kappa shape index (κ3) is 2.78. The van der Waals surface area contributed by atoms with Gasteiger partial charge in [0.05, 0.1) is 17.6 Å². The molecule has 0 spiro atoms. The number of nitro groups is 1. The second-order valence-electron chi connectivity index (χ2n) is 4.67. The Kier molecular flexibility index (Phi) is 3.66. The summed E-state index contributed by atoms with van der Waals surface area (Å²) in [6.45, 7) is 6.95. The number of carbonyl (C=O) groups excluding carboxylic acids is 1. The fraction of sp³-hybridized carbons (Fsp3) is 0.417. The summed E-state index contributed by atoms with van der Waals surface area (Å²) < 4.78 is 35.4. The summed E-state index contributed by atoms with van der Waals surface area (Å²) >= 11 is 0. The van der Waals surface area contributed by atoms with E-state index in [1.165, 1.54) is 0 Å². The molecule has 0 atom stereocenters. The average Bonchev–Trinajstić information content (AvgIpc) is 2.44. The maximum Gasteiger partial charge on any atom is 0.388 e. The first kappa shape index (κ1) is 15.6. The van der Waals surface area contributed by atoms with Crippen molar-refractivity contribution in [3.63, 3.8) is 0 Å². The van der Waals surface area contributed by atoms with E-state index in [9.17, 15) is 23.7 Å². The van der Waals surface area contributed by atoms with Crippen molar-refractivity contribution in [2.24, 2.45) is 0 Å². The van der Waals surface area contributed by atoms with Gasteiger partial charge >= 0.3 is 17.4 Å². The van der Waals surface area contributed by atoms with Gasteiger partial charge in [-0.1, -0.05) is 0 Å². The molecule has 1 aliphatic rings. The van der Waals surface area contributed by atoms with Crippen molar-refractivity contribution in [3.05, 3.63) is 39.4 Å². The number of alkyl halides is 2. The van der Waals surface area contributed by atoms with Gasteiger partial charge in [-0.25, -0.2) is 25.1 Å². The Hall–Kier alpha value is -2.83. The molecule has 0 amide bonds. The normalized spacial score (nSPS) is 17.7. The van der Waals surface area contributed by atoms with Gasteiger partial charge in [-0.3, -0.25) is 15.0 Å². The van der Waals surface area contributed by atoms with Crippen LogP contribution >= 0.6 is 0 Å². The van der Waals surface area contributed by atoms with Gasteiger partial charge in [0.15, 0.2) is 0 Å². The quantitative estimate of drug-likeness (QED) is 0.366. The maximum atomic E-state index is 13.0. The van der Waals surface area contributed by atoms with Crippen LogP contribution < -0.4 is 4.74 Å². The Morgan fingerprint density at radius 1 is 1.55 bits per heavy atom. The van der Waals surface area contributed by atoms with Crippen LogP contribution in [0.2, 0.25) is 0 Å². The lowest BCUT2D eigenvalue weighted by molar-refractivity contribution is -0.387. The van der Waals surface area contributed by atoms with Crippen molar-refractivity contribution in [2.45, 2.75) is 24.5 Å². The van der Waals surface area contributed by atoms with Crippen LogP contribution in [0.15, 0.2) is 12.3 Å². The maximum absolute atomic E-state index is 13.0. The van der Waals surface area contributed by atoms with E-state index in [-0.39, 0.29) is 5.56 Å². The molecule has 10 heteroatoms. The molecule has 1 aliphatic carbocycles. The fourth-order valence-electron chi connectivity index (χ4n) is 1.99. The van der Waals surface area contributed by atoms with Crippen molar-refractivity contribution in [1.82, 2.24) is 4.98 Å². The third-order valence-electron chi connectivity index (χ3n) is 3.01. The number of hydrogen-bond acceptors (Lipinski definition) is 6. The van der Waals surface area contributed by atoms with Crippen LogP contribution in [0.3, 0.4) is 0 Å². The summed E-state index contributed by atoms with van der Waals surface area (Å²) in [6.07, 6.45) is -0.801. The molecule has 0 unspecified atom stereocenters. The van der Waals surface area contributed by atoms with Crippen LogP contribution in [0, 0.1) is 16.7 Å². The Morgan fingerprint density at radius 3 is 2.64 bits per heavy atom. The standard InChI is InChI=1S/C12H9F2N3O5/c1-15-12(5-11(13,14)6-12)22-9-8(17(19)20)3-7(4-16-9)10(18)21-2/h3-4H,5-6H2,2H3. The highest BCUT2D eigenvalue weighted by molar-refractivity contribution is 5.89. The number of pyridine rings is 1. The number of methoxy groups -OCH3 is 1. The summed E-state index contributed by atoms with van der Waals surface area (Å²) in [7, 11) is 1.09. The predicted molar refractivity (Wildman–Crippen MR) is 66.4 cm³/mol. The topological polar surface area (TPSA) is 95.9 Å². The van der Waals surface area contributed by atoms with E-state index in [2.05, 4.69) is 14.6 Å². The number of ether oxygens (including phenoxy) is 2. The molecule has 1 aromatic rings. The zero-order valence-electron chi connectivity index (χ0n) is 11.2. The molecule has 0 bridgehead atoms. The van der Waals surface area contributed by atoms with Gasteiger partial charge < -0.3 is 9.47 Å². The third-order valence-corrected chi connectivity index (χ3v) is 3.01. The van der Waals surface area contributed by atoms with Crippen LogP contribution in [0.4, 0.5) is 14.5 Å². The molecule has 0 saturated heterocycles. The van der Waals surface area contributed by atoms with Gasteiger partial charge in [-0.05, 0) is 0 Å². The van der Waals surface area contributed by atoms with Crippen molar-refractivity contribution in [3.8, 4) is 5.88 Å². The van der Waals surface area contributed by atoms with E-state index in [1.54, 1.807) is 0 Å². The highest BCUT2D eigenvalue weighted by Crippen LogP contribution is 2.49. The molecule has 116 valence electrons. The van der Waals surface area contributed by atoms with E-state index in [4.69, 9.17) is 11.3 Å². The fourth-order valence-corrected chi connectivity index (χ4v) is 1.99. The SMILES string of the molecule is [C-]#[N+]C1(Oc2ncc(C(=O)OC)cc2[N+](=O)[O-])CC(F)(F)C1. The van der Waals surface area contributed by atoms with Gasteiger partial charge in [0.1, 0.15) is 12.8 Å². The van der Waals surface area contributed by atoms with E-state index in [0.717, 1.165) is 19.4 Å². The van der Waals surface area contributed by atoms with Gasteiger partial charge in [0.2, 0.25) is 0 Å². The molecule has 8 nitrogen and oxygen atoms in total. The Labute approximate surface area is 122 Å². The van der Waals surface area contributed by atoms with Crippen LogP contribution in [0.5, 0.6) is 5.88 Å². The lowest BCUT2D eigenvalue weighted by Crippen LogP contribution is -2.53. The lowest BCUT2D eigenvalue weighted by Gasteiger charge is -2.35. The number of hydrogen-bond donors (Lipinski definition) is 0. The molecular weight excluding hydrogens is 304 g/mol. The van der Waals surface area contributed by atoms with E-state index in [0.29, 0.717) is 0 Å². The molecule has 0 N–H and O–H groups in total. The monoisotopic (exact) mass is 313 g/mol. The van der Waals surface area contributed by atoms with Gasteiger partial charge in [0.25, 0.3) is 11.8 Å². The van der Waals surface area contributed by atoms with E-state index < -0.39 is 46.9 Å². The van der Waals surface area contributed by atoms with Crippen molar-refractivity contribution < 1.29 is 28.0 Å². The Morgan fingerprint density at radius 2 is 2.18 bits per heavy atom. The Balaban J connectivity index is 2.34.